The molecule has 1 saturated heterocycles. The van der Waals surface area contributed by atoms with Crippen molar-refractivity contribution in [3.05, 3.63) is 15.6 Å². The third kappa shape index (κ3) is 2.99. The van der Waals surface area contributed by atoms with Crippen molar-refractivity contribution >= 4 is 23.1 Å². The first-order chi connectivity index (χ1) is 7.66. The molecule has 16 heavy (non-hydrogen) atoms. The summed E-state index contributed by atoms with van der Waals surface area (Å²) in [6.07, 6.45) is 2.62. The van der Waals surface area contributed by atoms with Crippen LogP contribution in [-0.2, 0) is 0 Å². The van der Waals surface area contributed by atoms with Crippen molar-refractivity contribution in [3.63, 3.8) is 0 Å². The van der Waals surface area contributed by atoms with Gasteiger partial charge in [0.1, 0.15) is 0 Å². The van der Waals surface area contributed by atoms with Gasteiger partial charge < -0.3 is 5.32 Å². The van der Waals surface area contributed by atoms with E-state index in [0.717, 1.165) is 0 Å². The molecule has 0 saturated carbocycles. The van der Waals surface area contributed by atoms with Crippen LogP contribution in [0.4, 0.5) is 0 Å². The highest BCUT2D eigenvalue weighted by molar-refractivity contribution is 7.99. The lowest BCUT2D eigenvalue weighted by Gasteiger charge is -2.26. The fourth-order valence-corrected chi connectivity index (χ4v) is 4.29. The first-order valence-electron chi connectivity index (χ1n) is 5.94. The smallest absolute Gasteiger partial charge is 0.0900 e. The van der Waals surface area contributed by atoms with Gasteiger partial charge in [-0.25, -0.2) is 4.98 Å². The zero-order valence-electron chi connectivity index (χ0n) is 10.2. The summed E-state index contributed by atoms with van der Waals surface area (Å²) in [5.41, 5.74) is 1.20. The van der Waals surface area contributed by atoms with Gasteiger partial charge >= 0.3 is 0 Å². The van der Waals surface area contributed by atoms with E-state index in [9.17, 15) is 0 Å². The van der Waals surface area contributed by atoms with Crippen LogP contribution in [0.2, 0.25) is 0 Å². The molecular weight excluding hydrogens is 236 g/mol. The Hall–Kier alpha value is -0.0600. The van der Waals surface area contributed by atoms with Gasteiger partial charge in [-0.2, -0.15) is 11.8 Å². The molecule has 1 aromatic heterocycles. The lowest BCUT2D eigenvalue weighted by atomic mass is 10.1. The fourth-order valence-electron chi connectivity index (χ4n) is 2.24. The second kappa shape index (κ2) is 5.52. The van der Waals surface area contributed by atoms with E-state index in [2.05, 4.69) is 42.8 Å². The monoisotopic (exact) mass is 256 g/mol. The first-order valence-corrected chi connectivity index (χ1v) is 7.91. The van der Waals surface area contributed by atoms with Crippen molar-refractivity contribution in [3.8, 4) is 0 Å². The second-order valence-corrected chi connectivity index (χ2v) is 6.92. The summed E-state index contributed by atoms with van der Waals surface area (Å²) in [6.45, 7) is 6.47. The normalized spacial score (nSPS) is 19.9. The Morgan fingerprint density at radius 1 is 1.31 bits per heavy atom. The Morgan fingerprint density at radius 2 is 2.00 bits per heavy atom. The van der Waals surface area contributed by atoms with Crippen molar-refractivity contribution in [2.24, 2.45) is 0 Å². The minimum atomic E-state index is 0.458. The quantitative estimate of drug-likeness (QED) is 0.898. The predicted octanol–water partition coefficient (Wildman–Crippen LogP) is 3.31. The van der Waals surface area contributed by atoms with Gasteiger partial charge in [0.15, 0.2) is 0 Å². The van der Waals surface area contributed by atoms with Crippen LogP contribution >= 0.6 is 23.1 Å². The summed E-state index contributed by atoms with van der Waals surface area (Å²) in [6, 6.07) is 1.16. The molecule has 0 radical (unpaired) electrons. The van der Waals surface area contributed by atoms with Crippen molar-refractivity contribution in [1.82, 2.24) is 10.3 Å². The van der Waals surface area contributed by atoms with Crippen LogP contribution in [-0.4, -0.2) is 22.5 Å². The van der Waals surface area contributed by atoms with E-state index in [1.54, 1.807) is 0 Å². The molecule has 0 spiro atoms. The minimum absolute atomic E-state index is 0.458. The molecule has 0 bridgehead atoms. The molecule has 0 aromatic carbocycles. The number of hydrogen-bond acceptors (Lipinski definition) is 4. The molecule has 2 rings (SSSR count). The topological polar surface area (TPSA) is 24.9 Å². The maximum Gasteiger partial charge on any atom is 0.0900 e. The Bertz CT molecular complexity index is 343. The van der Waals surface area contributed by atoms with Gasteiger partial charge in [0.05, 0.1) is 10.7 Å². The van der Waals surface area contributed by atoms with Gasteiger partial charge in [-0.3, -0.25) is 0 Å². The van der Waals surface area contributed by atoms with Crippen molar-refractivity contribution in [2.45, 2.75) is 45.7 Å². The SMILES string of the molecule is Cc1nc(C)c(C(C)NC2CCSCC2)s1. The maximum atomic E-state index is 4.50. The highest BCUT2D eigenvalue weighted by atomic mass is 32.2. The zero-order valence-corrected chi connectivity index (χ0v) is 11.9. The van der Waals surface area contributed by atoms with E-state index in [0.29, 0.717) is 12.1 Å². The van der Waals surface area contributed by atoms with E-state index >= 15 is 0 Å². The summed E-state index contributed by atoms with van der Waals surface area (Å²) in [7, 11) is 0. The molecule has 1 aromatic rings. The summed E-state index contributed by atoms with van der Waals surface area (Å²) in [5, 5.41) is 4.93. The van der Waals surface area contributed by atoms with Gasteiger partial charge in [0, 0.05) is 17.0 Å². The molecule has 1 aliphatic heterocycles. The van der Waals surface area contributed by atoms with E-state index in [-0.39, 0.29) is 0 Å². The molecule has 1 atom stereocenters. The first kappa shape index (κ1) is 12.4. The molecule has 2 nitrogen and oxygen atoms in total. The summed E-state index contributed by atoms with van der Waals surface area (Å²) >= 11 is 3.91. The number of nitrogens with one attached hydrogen (secondary N) is 1. The van der Waals surface area contributed by atoms with E-state index in [1.807, 2.05) is 11.3 Å². The molecule has 1 unspecified atom stereocenters. The van der Waals surface area contributed by atoms with Crippen LogP contribution in [0, 0.1) is 13.8 Å². The Kier molecular flexibility index (Phi) is 4.27. The lowest BCUT2D eigenvalue weighted by Crippen LogP contribution is -2.34. The van der Waals surface area contributed by atoms with Gasteiger partial charge in [-0.1, -0.05) is 0 Å². The van der Waals surface area contributed by atoms with Crippen LogP contribution in [0.5, 0.6) is 0 Å². The van der Waals surface area contributed by atoms with Crippen LogP contribution < -0.4 is 5.32 Å². The summed E-state index contributed by atoms with van der Waals surface area (Å²) in [5.74, 6) is 2.62. The van der Waals surface area contributed by atoms with E-state index in [4.69, 9.17) is 0 Å². The molecular formula is C12H20N2S2. The van der Waals surface area contributed by atoms with Crippen LogP contribution in [0.1, 0.15) is 41.4 Å². The molecule has 1 fully saturated rings. The molecule has 2 heterocycles. The van der Waals surface area contributed by atoms with Crippen molar-refractivity contribution < 1.29 is 0 Å². The number of nitrogens with zero attached hydrogens (tertiary/aromatic N) is 1. The third-order valence-electron chi connectivity index (χ3n) is 3.04. The third-order valence-corrected chi connectivity index (χ3v) is 5.34. The molecule has 0 amide bonds. The second-order valence-electron chi connectivity index (χ2n) is 4.46. The van der Waals surface area contributed by atoms with E-state index in [1.165, 1.54) is 39.9 Å². The largest absolute Gasteiger partial charge is 0.307 e. The number of thioether (sulfide) groups is 1. The molecule has 1 N–H and O–H groups in total. The highest BCUT2D eigenvalue weighted by Crippen LogP contribution is 2.26. The van der Waals surface area contributed by atoms with Crippen molar-refractivity contribution in [1.29, 1.82) is 0 Å². The number of hydrogen-bond donors (Lipinski definition) is 1. The van der Waals surface area contributed by atoms with Crippen LogP contribution in [0.25, 0.3) is 0 Å². The van der Waals surface area contributed by atoms with Gasteiger partial charge in [0.25, 0.3) is 0 Å². The molecule has 90 valence electrons. The van der Waals surface area contributed by atoms with Gasteiger partial charge in [-0.15, -0.1) is 11.3 Å². The standard InChI is InChI=1S/C12H20N2S2/c1-8-12(16-10(3)13-8)9(2)14-11-4-6-15-7-5-11/h9,11,14H,4-7H2,1-3H3. The van der Waals surface area contributed by atoms with E-state index < -0.39 is 0 Å². The van der Waals surface area contributed by atoms with Crippen LogP contribution in [0.3, 0.4) is 0 Å². The number of aryl methyl sites for hydroxylation is 2. The predicted molar refractivity (Wildman–Crippen MR) is 73.5 cm³/mol. The highest BCUT2D eigenvalue weighted by Gasteiger charge is 2.19. The average Bonchev–Trinajstić information content (AvgIpc) is 2.59. The van der Waals surface area contributed by atoms with Crippen LogP contribution in [0.15, 0.2) is 0 Å². The molecule has 0 aliphatic carbocycles. The summed E-state index contributed by atoms with van der Waals surface area (Å²) < 4.78 is 0. The number of aromatic nitrogens is 1. The van der Waals surface area contributed by atoms with Gasteiger partial charge in [0.2, 0.25) is 0 Å². The molecule has 4 heteroatoms. The minimum Gasteiger partial charge on any atom is -0.307 e. The zero-order chi connectivity index (χ0) is 11.5. The molecule has 1 aliphatic rings. The Labute approximate surface area is 106 Å². The number of rotatable bonds is 3. The Balaban J connectivity index is 1.96. The summed E-state index contributed by atoms with van der Waals surface area (Å²) in [4.78, 5) is 5.91. The fraction of sp³-hybridized carbons (Fsp3) is 0.750. The Morgan fingerprint density at radius 3 is 2.56 bits per heavy atom. The maximum absolute atomic E-state index is 4.50. The van der Waals surface area contributed by atoms with Crippen molar-refractivity contribution in [2.75, 3.05) is 11.5 Å². The average molecular weight is 256 g/mol. The lowest BCUT2D eigenvalue weighted by molar-refractivity contribution is 0.433. The van der Waals surface area contributed by atoms with Gasteiger partial charge in [-0.05, 0) is 45.1 Å². The number of thiazole rings is 1.